The molecule has 0 aromatic rings. The van der Waals surface area contributed by atoms with E-state index in [0.29, 0.717) is 73.5 Å². The number of rotatable bonds is 1. The molecule has 0 aromatic heterocycles. The summed E-state index contributed by atoms with van der Waals surface area (Å²) in [6, 6.07) is 4.86. The van der Waals surface area contributed by atoms with Crippen molar-refractivity contribution in [3.63, 3.8) is 0 Å². The SMILES string of the molecule is C[C@@]12CC[C@@H]3[C@H](CC[C@@H]4C[C@@H](O)CC[C@]43C)[C@H]1CC(=CC#N)C2.C[C@@]12CC[C@@H]3[C@H](CC[C@@H]4C[C@@H](O)CC[C@]43C)[C@H]1CC(=O)C2.C[C@@]12CC[C@@H]3[C@H](CC[C@@H]4C[C@@H](O)CC[C@]43C)[C@H]1C[C@@H](C#N)C2.C[C@@]12CC[C@H](CO)C[C@H]1CC[C@H]1[C@H]2CC[C@@]2(C)C=[C-]C[C@H]12.[Y]. The summed E-state index contributed by atoms with van der Waals surface area (Å²) in [5.41, 5.74) is 5.02. The molecule has 0 unspecified atom stereocenters. The van der Waals surface area contributed by atoms with Crippen molar-refractivity contribution >= 4 is 5.78 Å². The number of hydrogen-bond acceptors (Lipinski definition) is 7. The van der Waals surface area contributed by atoms with E-state index < -0.39 is 0 Å². The van der Waals surface area contributed by atoms with E-state index in [1.807, 2.05) is 6.08 Å². The van der Waals surface area contributed by atoms with Gasteiger partial charge in [0.15, 0.2) is 0 Å². The predicted molar refractivity (Wildman–Crippen MR) is 347 cm³/mol. The number of nitriles is 2. The molecule has 0 amide bonds. The van der Waals surface area contributed by atoms with E-state index in [1.165, 1.54) is 160 Å². The summed E-state index contributed by atoms with van der Waals surface area (Å²) in [6.07, 6.45) is 50.6. The first-order valence-electron chi connectivity index (χ1n) is 37.6. The van der Waals surface area contributed by atoms with Gasteiger partial charge in [0.05, 0.1) is 30.5 Å². The van der Waals surface area contributed by atoms with Gasteiger partial charge >= 0.3 is 0 Å². The molecule has 0 spiro atoms. The van der Waals surface area contributed by atoms with Crippen molar-refractivity contribution in [1.29, 1.82) is 10.5 Å². The Labute approximate surface area is 561 Å². The number of hydrogen-bond donors (Lipinski definition) is 4. The quantitative estimate of drug-likeness (QED) is 0.151. The van der Waals surface area contributed by atoms with Crippen molar-refractivity contribution in [2.24, 2.45) is 150 Å². The van der Waals surface area contributed by atoms with Crippen LogP contribution in [-0.2, 0) is 37.5 Å². The Morgan fingerprint density at radius 3 is 1.41 bits per heavy atom. The zero-order valence-electron chi connectivity index (χ0n) is 56.9. The topological polar surface area (TPSA) is 146 Å². The average molecular weight is 1280 g/mol. The predicted octanol–water partition coefficient (Wildman–Crippen LogP) is 17.9. The molecule has 16 rings (SSSR count). The molecule has 88 heavy (non-hydrogen) atoms. The van der Waals surface area contributed by atoms with E-state index in [0.717, 1.165) is 159 Å². The molecule has 16 aliphatic carbocycles. The Bertz CT molecular complexity index is 2680. The van der Waals surface area contributed by atoms with Gasteiger partial charge in [0.2, 0.25) is 0 Å². The number of ketones is 1. The number of nitrogens with zero attached hydrogens (tertiary/aromatic N) is 2. The molecule has 0 saturated heterocycles. The van der Waals surface area contributed by atoms with Gasteiger partial charge in [-0.1, -0.05) is 66.9 Å². The van der Waals surface area contributed by atoms with Crippen LogP contribution in [0, 0.1) is 179 Å². The minimum atomic E-state index is -0.0541. The van der Waals surface area contributed by atoms with Crippen molar-refractivity contribution in [3.8, 4) is 12.1 Å². The first-order valence-corrected chi connectivity index (χ1v) is 37.6. The van der Waals surface area contributed by atoms with Gasteiger partial charge in [-0.2, -0.15) is 16.9 Å². The third-order valence-corrected chi connectivity index (χ3v) is 33.6. The fraction of sp³-hybridized carbons (Fsp3) is 0.912. The minimum Gasteiger partial charge on any atom is -0.500 e. The third-order valence-electron chi connectivity index (χ3n) is 33.6. The molecule has 15 fully saturated rings. The van der Waals surface area contributed by atoms with Crippen LogP contribution in [0.2, 0.25) is 0 Å². The molecule has 0 heterocycles. The largest absolute Gasteiger partial charge is 0.500 e. The molecule has 0 aromatic carbocycles. The van der Waals surface area contributed by atoms with Gasteiger partial charge in [-0.25, -0.2) is 0 Å². The number of carbonyl (C=O) groups is 1. The van der Waals surface area contributed by atoms with Crippen molar-refractivity contribution in [1.82, 2.24) is 0 Å². The molecular formula is C80H123N2O5Y-. The Balaban J connectivity index is 0.000000114. The van der Waals surface area contributed by atoms with Crippen molar-refractivity contribution in [2.75, 3.05) is 6.61 Å². The van der Waals surface area contributed by atoms with Crippen LogP contribution in [0.25, 0.3) is 0 Å². The number of fused-ring (bicyclic) bond motifs is 20. The second-order valence-corrected chi connectivity index (χ2v) is 37.4. The summed E-state index contributed by atoms with van der Waals surface area (Å²) in [5, 5.41) is 58.2. The third kappa shape index (κ3) is 11.6. The maximum Gasteiger partial charge on any atom is 0.133 e. The van der Waals surface area contributed by atoms with Gasteiger partial charge < -0.3 is 26.5 Å². The number of allylic oxidation sites excluding steroid dienone is 4. The summed E-state index contributed by atoms with van der Waals surface area (Å²) in [6.45, 7) is 20.5. The van der Waals surface area contributed by atoms with Crippen LogP contribution in [0.5, 0.6) is 0 Å². The fourth-order valence-corrected chi connectivity index (χ4v) is 28.6. The van der Waals surface area contributed by atoms with Gasteiger partial charge in [0.25, 0.3) is 0 Å². The zero-order chi connectivity index (χ0) is 61.3. The van der Waals surface area contributed by atoms with Gasteiger partial charge in [0, 0.05) is 64.2 Å². The maximum atomic E-state index is 12.1. The van der Waals surface area contributed by atoms with Crippen LogP contribution in [0.15, 0.2) is 17.7 Å². The van der Waals surface area contributed by atoms with Crippen LogP contribution in [0.1, 0.15) is 280 Å². The van der Waals surface area contributed by atoms with Crippen LogP contribution in [-0.4, -0.2) is 51.1 Å². The Morgan fingerprint density at radius 1 is 0.489 bits per heavy atom. The number of aliphatic hydroxyl groups is 4. The molecule has 487 valence electrons. The molecular weight excluding hydrogens is 1160 g/mol. The van der Waals surface area contributed by atoms with Crippen molar-refractivity contribution in [2.45, 2.75) is 298 Å². The monoisotopic (exact) mass is 1280 g/mol. The second kappa shape index (κ2) is 25.2. The molecule has 16 aliphatic rings. The summed E-state index contributed by atoms with van der Waals surface area (Å²) in [5.74, 6) is 14.6. The molecule has 29 atom stereocenters. The molecule has 7 nitrogen and oxygen atoms in total. The first kappa shape index (κ1) is 67.1. The van der Waals surface area contributed by atoms with Crippen LogP contribution < -0.4 is 0 Å². The Kier molecular flexibility index (Phi) is 19.2. The van der Waals surface area contributed by atoms with Gasteiger partial charge in [-0.3, -0.25) is 10.9 Å². The molecule has 8 heteroatoms. The van der Waals surface area contributed by atoms with E-state index in [2.05, 4.69) is 79.7 Å². The Morgan fingerprint density at radius 2 is 0.920 bits per heavy atom. The second-order valence-electron chi connectivity index (χ2n) is 37.4. The summed E-state index contributed by atoms with van der Waals surface area (Å²) >= 11 is 0. The normalized spacial score (nSPS) is 55.2. The molecule has 1 radical (unpaired) electrons. The molecule has 0 aliphatic heterocycles. The minimum absolute atomic E-state index is 0. The van der Waals surface area contributed by atoms with Gasteiger partial charge in [-0.15, -0.1) is 0 Å². The van der Waals surface area contributed by atoms with E-state index >= 15 is 0 Å². The molecule has 0 bridgehead atoms. The number of aliphatic hydroxyl groups excluding tert-OH is 4. The van der Waals surface area contributed by atoms with E-state index in [1.54, 1.807) is 0 Å². The van der Waals surface area contributed by atoms with Crippen molar-refractivity contribution < 1.29 is 57.9 Å². The van der Waals surface area contributed by atoms with Crippen LogP contribution in [0.4, 0.5) is 0 Å². The van der Waals surface area contributed by atoms with Crippen LogP contribution in [0.3, 0.4) is 0 Å². The Hall–Kier alpha value is -0.926. The molecule has 4 N–H and O–H groups in total. The summed E-state index contributed by atoms with van der Waals surface area (Å²) < 4.78 is 0. The van der Waals surface area contributed by atoms with Crippen LogP contribution >= 0.6 is 0 Å². The smallest absolute Gasteiger partial charge is 0.133 e. The molecule has 15 saturated carbocycles. The van der Waals surface area contributed by atoms with E-state index in [9.17, 15) is 30.5 Å². The maximum absolute atomic E-state index is 12.1. The van der Waals surface area contributed by atoms with Crippen molar-refractivity contribution in [3.05, 3.63) is 23.8 Å². The standard InChI is InChI=1S/C21H31NO.C20H31NO.C20H31O.C19H30O2.Y/c1-20-8-6-18-17(19(20)11-14(13-20)7-10-22)4-3-15-12-16(23)5-9-21(15,18)2;1-19-7-6-17-16(18(19)9-13(11-19)12-21)4-3-14-10-15(22)5-8-20(14,17)2;1-19-9-3-4-17(19)16-6-5-15-12-14(13-21)7-11-20(15,2)18(16)8-10-19;1-18-7-6-16-15(17(18)10-14(21)11-18)4-3-12-9-13(20)5-8-19(12,16)2;/h7,15-19,23H,3-6,8-9,11-13H2,1-2H3;13-18,22H,3-11H2,1-2H3;9,14-18,21H,4-8,10-13H2,1-2H3;12-13,15-17,20H,3-11H2,1-2H3;/q;;-1;;/t15-,16+,17+,18-,19-,20+,21-;13-,14-,15+,16+,17-,18-,19+,20-;14-,15+,16+,17+,18+,19+,20+;12-,13+,15+,16-,17-,18+,19-;/m1101./s1. The van der Waals surface area contributed by atoms with Gasteiger partial charge in [0.1, 0.15) is 5.78 Å². The average Bonchev–Trinajstić information content (AvgIpc) is 1.54. The number of carbonyl (C=O) groups excluding carboxylic acids is 1. The van der Waals surface area contributed by atoms with Gasteiger partial charge in [-0.05, 0) is 343 Å². The summed E-state index contributed by atoms with van der Waals surface area (Å²) in [7, 11) is 0. The first-order chi connectivity index (χ1) is 41.4. The van der Waals surface area contributed by atoms with E-state index in [-0.39, 0.29) is 51.0 Å². The summed E-state index contributed by atoms with van der Waals surface area (Å²) in [4.78, 5) is 12.1. The zero-order valence-corrected chi connectivity index (χ0v) is 59.7. The fourth-order valence-electron chi connectivity index (χ4n) is 28.6. The number of Topliss-reactive ketones (excluding diaryl/α,β-unsaturated/α-hetero) is 1. The van der Waals surface area contributed by atoms with E-state index in [4.69, 9.17) is 5.26 Å².